The molecule has 0 amide bonds. The van der Waals surface area contributed by atoms with Crippen LogP contribution in [0.4, 0.5) is 0 Å². The lowest BCUT2D eigenvalue weighted by atomic mass is 9.84. The average molecular weight is 284 g/mol. The minimum Gasteiger partial charge on any atom is -0.506 e. The summed E-state index contributed by atoms with van der Waals surface area (Å²) in [5.74, 6) is 0.373. The Morgan fingerprint density at radius 2 is 2.00 bits per heavy atom. The summed E-state index contributed by atoms with van der Waals surface area (Å²) < 4.78 is 0.775. The topological polar surface area (TPSA) is 46.2 Å². The third-order valence-corrected chi connectivity index (χ3v) is 4.54. The third kappa shape index (κ3) is 1.57. The molecule has 3 N–H and O–H groups in total. The highest BCUT2D eigenvalue weighted by atomic mass is 79.9. The fourth-order valence-corrected chi connectivity index (χ4v) is 3.08. The van der Waals surface area contributed by atoms with Gasteiger partial charge in [0.15, 0.2) is 0 Å². The summed E-state index contributed by atoms with van der Waals surface area (Å²) in [6.45, 7) is 6.17. The summed E-state index contributed by atoms with van der Waals surface area (Å²) in [5, 5.41) is 10.2. The molecule has 16 heavy (non-hydrogen) atoms. The second-order valence-corrected chi connectivity index (χ2v) is 5.82. The SMILES string of the molecule is Cc1cc(Br)c(O)c(C2(C(C)N)CC2)c1C. The maximum absolute atomic E-state index is 10.2. The van der Waals surface area contributed by atoms with Gasteiger partial charge in [-0.1, -0.05) is 0 Å². The first kappa shape index (κ1) is 11.9. The Morgan fingerprint density at radius 1 is 1.44 bits per heavy atom. The van der Waals surface area contributed by atoms with Crippen LogP contribution >= 0.6 is 15.9 Å². The van der Waals surface area contributed by atoms with Crippen molar-refractivity contribution in [1.29, 1.82) is 0 Å². The summed E-state index contributed by atoms with van der Waals surface area (Å²) >= 11 is 3.41. The van der Waals surface area contributed by atoms with E-state index in [-0.39, 0.29) is 11.5 Å². The van der Waals surface area contributed by atoms with Gasteiger partial charge < -0.3 is 10.8 Å². The van der Waals surface area contributed by atoms with Crippen LogP contribution in [0.25, 0.3) is 0 Å². The first-order valence-corrected chi connectivity index (χ1v) is 6.44. The monoisotopic (exact) mass is 283 g/mol. The lowest BCUT2D eigenvalue weighted by Gasteiger charge is -2.25. The molecule has 0 spiro atoms. The lowest BCUT2D eigenvalue weighted by Crippen LogP contribution is -2.32. The van der Waals surface area contributed by atoms with Gasteiger partial charge in [-0.05, 0) is 66.7 Å². The van der Waals surface area contributed by atoms with Crippen molar-refractivity contribution in [3.05, 3.63) is 27.2 Å². The molecule has 1 saturated carbocycles. The zero-order valence-corrected chi connectivity index (χ0v) is 11.6. The van der Waals surface area contributed by atoms with E-state index in [1.54, 1.807) is 0 Å². The van der Waals surface area contributed by atoms with Crippen molar-refractivity contribution in [2.45, 2.75) is 45.1 Å². The molecule has 1 unspecified atom stereocenters. The number of benzene rings is 1. The lowest BCUT2D eigenvalue weighted by molar-refractivity contribution is 0.442. The maximum Gasteiger partial charge on any atom is 0.133 e. The first-order chi connectivity index (χ1) is 7.40. The quantitative estimate of drug-likeness (QED) is 0.876. The van der Waals surface area contributed by atoms with Gasteiger partial charge >= 0.3 is 0 Å². The van der Waals surface area contributed by atoms with Gasteiger partial charge in [0.2, 0.25) is 0 Å². The van der Waals surface area contributed by atoms with Crippen LogP contribution in [0.3, 0.4) is 0 Å². The minimum absolute atomic E-state index is 0.00269. The van der Waals surface area contributed by atoms with E-state index in [1.807, 2.05) is 13.0 Å². The molecule has 1 aromatic rings. The number of nitrogens with two attached hydrogens (primary N) is 1. The Labute approximate surface area is 105 Å². The van der Waals surface area contributed by atoms with Gasteiger partial charge in [0, 0.05) is 17.0 Å². The van der Waals surface area contributed by atoms with Crippen molar-refractivity contribution in [2.24, 2.45) is 5.73 Å². The highest BCUT2D eigenvalue weighted by Crippen LogP contribution is 2.55. The average Bonchev–Trinajstić information content (AvgIpc) is 2.97. The number of halogens is 1. The Kier molecular flexibility index (Phi) is 2.79. The van der Waals surface area contributed by atoms with Gasteiger partial charge in [-0.3, -0.25) is 0 Å². The molecule has 0 saturated heterocycles. The van der Waals surface area contributed by atoms with Crippen LogP contribution in [0.15, 0.2) is 10.5 Å². The molecule has 0 heterocycles. The molecule has 1 aliphatic carbocycles. The van der Waals surface area contributed by atoms with Crippen LogP contribution in [-0.4, -0.2) is 11.1 Å². The Bertz CT molecular complexity index is 410. The third-order valence-electron chi connectivity index (χ3n) is 3.93. The standard InChI is InChI=1S/C13H18BrNO/c1-7-6-10(14)12(16)11(8(7)2)13(4-5-13)9(3)15/h6,9,16H,4-5,15H2,1-3H3. The number of hydrogen-bond donors (Lipinski definition) is 2. The molecule has 0 aliphatic heterocycles. The number of rotatable bonds is 2. The van der Waals surface area contributed by atoms with Gasteiger partial charge in [0.1, 0.15) is 5.75 Å². The van der Waals surface area contributed by atoms with Crippen molar-refractivity contribution >= 4 is 15.9 Å². The van der Waals surface area contributed by atoms with E-state index in [0.717, 1.165) is 22.9 Å². The first-order valence-electron chi connectivity index (χ1n) is 5.65. The van der Waals surface area contributed by atoms with Crippen molar-refractivity contribution in [3.63, 3.8) is 0 Å². The number of phenolic OH excluding ortho intramolecular Hbond substituents is 1. The largest absolute Gasteiger partial charge is 0.506 e. The highest BCUT2D eigenvalue weighted by molar-refractivity contribution is 9.10. The molecule has 2 rings (SSSR count). The van der Waals surface area contributed by atoms with E-state index in [4.69, 9.17) is 5.73 Å². The summed E-state index contributed by atoms with van der Waals surface area (Å²) in [7, 11) is 0. The molecular weight excluding hydrogens is 266 g/mol. The molecule has 1 fully saturated rings. The van der Waals surface area contributed by atoms with Crippen LogP contribution in [0.2, 0.25) is 0 Å². The summed E-state index contributed by atoms with van der Waals surface area (Å²) in [6, 6.07) is 2.05. The van der Waals surface area contributed by atoms with E-state index >= 15 is 0 Å². The van der Waals surface area contributed by atoms with Crippen LogP contribution in [0.1, 0.15) is 36.5 Å². The molecule has 1 atom stereocenters. The number of phenols is 1. The van der Waals surface area contributed by atoms with Crippen molar-refractivity contribution in [2.75, 3.05) is 0 Å². The van der Waals surface area contributed by atoms with Gasteiger partial charge in [-0.25, -0.2) is 0 Å². The fourth-order valence-electron chi connectivity index (χ4n) is 2.54. The zero-order chi connectivity index (χ0) is 12.1. The summed E-state index contributed by atoms with van der Waals surface area (Å²) in [6.07, 6.45) is 2.16. The zero-order valence-electron chi connectivity index (χ0n) is 9.97. The molecule has 3 heteroatoms. The van der Waals surface area contributed by atoms with Crippen molar-refractivity contribution in [1.82, 2.24) is 0 Å². The van der Waals surface area contributed by atoms with Gasteiger partial charge in [-0.15, -0.1) is 0 Å². The molecule has 88 valence electrons. The predicted octanol–water partition coefficient (Wildman–Crippen LogP) is 3.15. The van der Waals surface area contributed by atoms with E-state index in [9.17, 15) is 5.11 Å². The van der Waals surface area contributed by atoms with Gasteiger partial charge in [0.25, 0.3) is 0 Å². The fraction of sp³-hybridized carbons (Fsp3) is 0.538. The van der Waals surface area contributed by atoms with Crippen molar-refractivity contribution < 1.29 is 5.11 Å². The minimum atomic E-state index is 0.00269. The maximum atomic E-state index is 10.2. The molecule has 0 radical (unpaired) electrons. The molecule has 0 aromatic heterocycles. The van der Waals surface area contributed by atoms with Crippen LogP contribution < -0.4 is 5.73 Å². The Hall–Kier alpha value is -0.540. The van der Waals surface area contributed by atoms with Crippen molar-refractivity contribution in [3.8, 4) is 5.75 Å². The molecular formula is C13H18BrNO. The highest BCUT2D eigenvalue weighted by Gasteiger charge is 2.50. The van der Waals surface area contributed by atoms with E-state index < -0.39 is 0 Å². The van der Waals surface area contributed by atoms with E-state index in [0.29, 0.717) is 5.75 Å². The second-order valence-electron chi connectivity index (χ2n) is 4.97. The Balaban J connectivity index is 2.65. The molecule has 0 bridgehead atoms. The van der Waals surface area contributed by atoms with Crippen LogP contribution in [0, 0.1) is 13.8 Å². The normalized spacial score (nSPS) is 19.6. The number of aryl methyl sites for hydroxylation is 1. The number of hydrogen-bond acceptors (Lipinski definition) is 2. The van der Waals surface area contributed by atoms with Gasteiger partial charge in [-0.2, -0.15) is 0 Å². The van der Waals surface area contributed by atoms with E-state index in [2.05, 4.69) is 29.8 Å². The Morgan fingerprint density at radius 3 is 2.44 bits per heavy atom. The van der Waals surface area contributed by atoms with Crippen LogP contribution in [0.5, 0.6) is 5.75 Å². The molecule has 1 aliphatic rings. The summed E-state index contributed by atoms with van der Waals surface area (Å²) in [4.78, 5) is 0. The van der Waals surface area contributed by atoms with E-state index in [1.165, 1.54) is 11.1 Å². The second kappa shape index (κ2) is 3.74. The predicted molar refractivity (Wildman–Crippen MR) is 69.8 cm³/mol. The summed E-state index contributed by atoms with van der Waals surface area (Å²) in [5.41, 5.74) is 9.51. The molecule has 1 aromatic carbocycles. The smallest absolute Gasteiger partial charge is 0.133 e. The van der Waals surface area contributed by atoms with Crippen LogP contribution in [-0.2, 0) is 5.41 Å². The number of aromatic hydroxyl groups is 1. The molecule has 2 nitrogen and oxygen atoms in total. The van der Waals surface area contributed by atoms with Gasteiger partial charge in [0.05, 0.1) is 4.47 Å².